The Labute approximate surface area is 134 Å². The van der Waals surface area contributed by atoms with E-state index in [0.29, 0.717) is 19.6 Å². The van der Waals surface area contributed by atoms with E-state index in [2.05, 4.69) is 10.3 Å². The number of aromatic nitrogens is 2. The Morgan fingerprint density at radius 1 is 1.32 bits per heavy atom. The largest absolute Gasteiger partial charge is 0.341 e. The summed E-state index contributed by atoms with van der Waals surface area (Å²) in [5, 5.41) is 2.89. The summed E-state index contributed by atoms with van der Waals surface area (Å²) in [5.41, 5.74) is 1.76. The fourth-order valence-electron chi connectivity index (χ4n) is 3.07. The van der Waals surface area contributed by atoms with Gasteiger partial charge in [0.1, 0.15) is 0 Å². The molecule has 3 rings (SSSR count). The lowest BCUT2D eigenvalue weighted by Gasteiger charge is -2.32. The van der Waals surface area contributed by atoms with E-state index in [0.717, 1.165) is 23.9 Å². The molecular weight excluding hydrogens is 304 g/mol. The summed E-state index contributed by atoms with van der Waals surface area (Å²) in [6.45, 7) is 1.78. The highest BCUT2D eigenvalue weighted by Crippen LogP contribution is 2.24. The number of benzene rings is 1. The highest BCUT2D eigenvalue weighted by Gasteiger charge is 2.25. The van der Waals surface area contributed by atoms with Crippen molar-refractivity contribution in [3.05, 3.63) is 34.7 Å². The number of carbonyl (C=O) groups excluding carboxylic acids is 1. The van der Waals surface area contributed by atoms with Crippen LogP contribution in [0.15, 0.2) is 29.1 Å². The molecule has 0 aliphatic carbocycles. The standard InChI is InChI=1S/C15H20N4O2.ClH/c1-16-10-14(20)18-8-6-11(7-9-18)19-13-5-3-2-4-12(13)17-15(19)21;/h2-5,11,16H,6-10H2,1H3,(H,17,21);1H. The number of para-hydroxylation sites is 2. The molecule has 120 valence electrons. The molecule has 1 aromatic heterocycles. The summed E-state index contributed by atoms with van der Waals surface area (Å²) < 4.78 is 1.84. The van der Waals surface area contributed by atoms with E-state index in [1.54, 1.807) is 7.05 Å². The van der Waals surface area contributed by atoms with Crippen LogP contribution in [0.5, 0.6) is 0 Å². The molecule has 22 heavy (non-hydrogen) atoms. The smallest absolute Gasteiger partial charge is 0.326 e. The summed E-state index contributed by atoms with van der Waals surface area (Å²) in [6, 6.07) is 7.90. The second kappa shape index (κ2) is 6.98. The van der Waals surface area contributed by atoms with E-state index in [1.165, 1.54) is 0 Å². The Morgan fingerprint density at radius 2 is 2.00 bits per heavy atom. The number of halogens is 1. The Morgan fingerprint density at radius 3 is 2.68 bits per heavy atom. The zero-order chi connectivity index (χ0) is 14.8. The Balaban J connectivity index is 0.00000176. The van der Waals surface area contributed by atoms with Crippen molar-refractivity contribution in [1.29, 1.82) is 0 Å². The monoisotopic (exact) mass is 324 g/mol. The Kier molecular flexibility index (Phi) is 5.26. The third-order valence-corrected chi connectivity index (χ3v) is 4.13. The molecule has 2 aromatic rings. The van der Waals surface area contributed by atoms with Crippen molar-refractivity contribution in [2.45, 2.75) is 18.9 Å². The van der Waals surface area contributed by atoms with Gasteiger partial charge < -0.3 is 15.2 Å². The minimum absolute atomic E-state index is 0. The Hall–Kier alpha value is -1.79. The van der Waals surface area contributed by atoms with Gasteiger partial charge >= 0.3 is 5.69 Å². The van der Waals surface area contributed by atoms with Gasteiger partial charge in [-0.1, -0.05) is 12.1 Å². The van der Waals surface area contributed by atoms with E-state index in [9.17, 15) is 9.59 Å². The molecule has 2 N–H and O–H groups in total. The molecule has 1 aliphatic heterocycles. The van der Waals surface area contributed by atoms with Gasteiger partial charge in [0.25, 0.3) is 0 Å². The maximum Gasteiger partial charge on any atom is 0.326 e. The summed E-state index contributed by atoms with van der Waals surface area (Å²) in [4.78, 5) is 28.8. The topological polar surface area (TPSA) is 70.1 Å². The van der Waals surface area contributed by atoms with Gasteiger partial charge in [0, 0.05) is 19.1 Å². The molecule has 0 unspecified atom stereocenters. The predicted octanol–water partition coefficient (Wildman–Crippen LogP) is 1.13. The fraction of sp³-hybridized carbons (Fsp3) is 0.467. The van der Waals surface area contributed by atoms with Crippen LogP contribution in [0.2, 0.25) is 0 Å². The lowest BCUT2D eigenvalue weighted by Crippen LogP contribution is -2.43. The third kappa shape index (κ3) is 3.03. The molecule has 6 nitrogen and oxygen atoms in total. The third-order valence-electron chi connectivity index (χ3n) is 4.13. The van der Waals surface area contributed by atoms with Crippen LogP contribution in [0, 0.1) is 0 Å². The molecular formula is C15H21ClN4O2. The zero-order valence-corrected chi connectivity index (χ0v) is 13.4. The van der Waals surface area contributed by atoms with Crippen LogP contribution >= 0.6 is 12.4 Å². The molecule has 0 atom stereocenters. The van der Waals surface area contributed by atoms with Crippen LogP contribution in [0.4, 0.5) is 0 Å². The lowest BCUT2D eigenvalue weighted by atomic mass is 10.0. The number of nitrogens with one attached hydrogen (secondary N) is 2. The maximum absolute atomic E-state index is 12.2. The minimum atomic E-state index is -0.0591. The summed E-state index contributed by atoms with van der Waals surface area (Å²) in [5.74, 6) is 0.127. The number of rotatable bonds is 3. The van der Waals surface area contributed by atoms with Gasteiger partial charge in [0.05, 0.1) is 17.6 Å². The van der Waals surface area contributed by atoms with Gasteiger partial charge in [0.2, 0.25) is 5.91 Å². The van der Waals surface area contributed by atoms with Crippen molar-refractivity contribution in [2.24, 2.45) is 0 Å². The summed E-state index contributed by atoms with van der Waals surface area (Å²) >= 11 is 0. The van der Waals surface area contributed by atoms with Crippen LogP contribution in [-0.4, -0.2) is 47.0 Å². The first-order valence-corrected chi connectivity index (χ1v) is 7.32. The first-order chi connectivity index (χ1) is 10.2. The van der Waals surface area contributed by atoms with Crippen LogP contribution in [0.25, 0.3) is 11.0 Å². The average Bonchev–Trinajstić information content (AvgIpc) is 2.83. The van der Waals surface area contributed by atoms with Crippen LogP contribution in [0.3, 0.4) is 0 Å². The number of nitrogens with zero attached hydrogens (tertiary/aromatic N) is 2. The number of piperidine rings is 1. The number of likely N-dealkylation sites (N-methyl/N-ethyl adjacent to an activating group) is 1. The summed E-state index contributed by atoms with van der Waals surface area (Å²) in [6.07, 6.45) is 1.63. The fourth-order valence-corrected chi connectivity index (χ4v) is 3.07. The Bertz CT molecular complexity index is 701. The van der Waals surface area contributed by atoms with Crippen molar-refractivity contribution in [3.63, 3.8) is 0 Å². The van der Waals surface area contributed by atoms with Crippen LogP contribution in [-0.2, 0) is 4.79 Å². The van der Waals surface area contributed by atoms with E-state index in [1.807, 2.05) is 33.7 Å². The second-order valence-corrected chi connectivity index (χ2v) is 5.46. The van der Waals surface area contributed by atoms with Gasteiger partial charge in [0.15, 0.2) is 0 Å². The minimum Gasteiger partial charge on any atom is -0.341 e. The molecule has 0 saturated carbocycles. The van der Waals surface area contributed by atoms with E-state index >= 15 is 0 Å². The average molecular weight is 325 g/mol. The molecule has 0 spiro atoms. The quantitative estimate of drug-likeness (QED) is 0.889. The van der Waals surface area contributed by atoms with Crippen LogP contribution < -0.4 is 11.0 Å². The van der Waals surface area contributed by atoms with E-state index < -0.39 is 0 Å². The summed E-state index contributed by atoms with van der Waals surface area (Å²) in [7, 11) is 1.77. The van der Waals surface area contributed by atoms with Crippen molar-refractivity contribution in [2.75, 3.05) is 26.7 Å². The second-order valence-electron chi connectivity index (χ2n) is 5.46. The molecule has 1 amide bonds. The number of likely N-dealkylation sites (tertiary alicyclic amines) is 1. The number of fused-ring (bicyclic) bond motifs is 1. The van der Waals surface area contributed by atoms with Crippen molar-refractivity contribution < 1.29 is 4.79 Å². The molecule has 0 bridgehead atoms. The lowest BCUT2D eigenvalue weighted by molar-refractivity contribution is -0.131. The highest BCUT2D eigenvalue weighted by molar-refractivity contribution is 5.85. The van der Waals surface area contributed by atoms with Crippen molar-refractivity contribution in [1.82, 2.24) is 19.8 Å². The number of hydrogen-bond donors (Lipinski definition) is 2. The van der Waals surface area contributed by atoms with E-state index in [-0.39, 0.29) is 30.0 Å². The van der Waals surface area contributed by atoms with Gasteiger partial charge in [-0.25, -0.2) is 4.79 Å². The molecule has 2 heterocycles. The molecule has 1 aliphatic rings. The molecule has 1 fully saturated rings. The number of hydrogen-bond acceptors (Lipinski definition) is 3. The SMILES string of the molecule is CNCC(=O)N1CCC(n2c(=O)[nH]c3ccccc32)CC1.Cl. The number of H-pyrrole nitrogens is 1. The molecule has 1 saturated heterocycles. The highest BCUT2D eigenvalue weighted by atomic mass is 35.5. The first-order valence-electron chi connectivity index (χ1n) is 7.32. The zero-order valence-electron chi connectivity index (χ0n) is 12.5. The van der Waals surface area contributed by atoms with Crippen LogP contribution in [0.1, 0.15) is 18.9 Å². The van der Waals surface area contributed by atoms with Gasteiger partial charge in [-0.15, -0.1) is 12.4 Å². The van der Waals surface area contributed by atoms with Gasteiger partial charge in [-0.2, -0.15) is 0 Å². The van der Waals surface area contributed by atoms with Crippen molar-refractivity contribution in [3.8, 4) is 0 Å². The predicted molar refractivity (Wildman–Crippen MR) is 88.6 cm³/mol. The molecule has 7 heteroatoms. The van der Waals surface area contributed by atoms with Crippen molar-refractivity contribution >= 4 is 29.3 Å². The number of carbonyl (C=O) groups is 1. The van der Waals surface area contributed by atoms with Gasteiger partial charge in [-0.3, -0.25) is 9.36 Å². The van der Waals surface area contributed by atoms with E-state index in [4.69, 9.17) is 0 Å². The normalized spacial score (nSPS) is 15.8. The number of aromatic amines is 1. The number of imidazole rings is 1. The maximum atomic E-state index is 12.2. The van der Waals surface area contributed by atoms with Gasteiger partial charge in [-0.05, 0) is 32.0 Å². The molecule has 1 aromatic carbocycles. The number of amides is 1. The first kappa shape index (κ1) is 16.6. The molecule has 0 radical (unpaired) electrons.